The molecule has 1 heterocycles. The van der Waals surface area contributed by atoms with Gasteiger partial charge in [-0.2, -0.15) is 0 Å². The summed E-state index contributed by atoms with van der Waals surface area (Å²) in [6.45, 7) is 7.02. The summed E-state index contributed by atoms with van der Waals surface area (Å²) in [5.41, 5.74) is -0.462. The fraction of sp³-hybridized carbons (Fsp3) is 0.833. The Morgan fingerprint density at radius 1 is 1.33 bits per heavy atom. The number of carbonyl (C=O) groups is 2. The summed E-state index contributed by atoms with van der Waals surface area (Å²) < 4.78 is 5.24. The average molecular weight is 257 g/mol. The lowest BCUT2D eigenvalue weighted by Crippen LogP contribution is -2.61. The molecule has 0 bridgehead atoms. The Hall–Kier alpha value is -1.30. The number of carbonyl (C=O) groups excluding carboxylic acids is 2. The highest BCUT2D eigenvalue weighted by Gasteiger charge is 2.33. The van der Waals surface area contributed by atoms with Gasteiger partial charge in [0.05, 0.1) is 6.54 Å². The third-order valence-corrected chi connectivity index (χ3v) is 2.57. The predicted octanol–water partition coefficient (Wildman–Crippen LogP) is 0.284. The molecule has 1 N–H and O–H groups in total. The van der Waals surface area contributed by atoms with Crippen LogP contribution in [0.4, 0.5) is 4.79 Å². The summed E-state index contributed by atoms with van der Waals surface area (Å²) in [6, 6.07) is 0.182. The zero-order chi connectivity index (χ0) is 13.9. The third kappa shape index (κ3) is 4.52. The van der Waals surface area contributed by atoms with Gasteiger partial charge in [-0.15, -0.1) is 0 Å². The standard InChI is InChI=1S/C12H23N3O3/c1-12(2,3)18-11(17)15-7-9(8-15)13-6-10(16)14(4)5/h9,13H,6-8H2,1-5H3. The lowest BCUT2D eigenvalue weighted by molar-refractivity contribution is -0.128. The molecule has 18 heavy (non-hydrogen) atoms. The minimum Gasteiger partial charge on any atom is -0.444 e. The van der Waals surface area contributed by atoms with E-state index in [1.54, 1.807) is 19.0 Å². The van der Waals surface area contributed by atoms with Crippen LogP contribution in [-0.2, 0) is 9.53 Å². The van der Waals surface area contributed by atoms with Crippen molar-refractivity contribution in [1.82, 2.24) is 15.1 Å². The average Bonchev–Trinajstić information content (AvgIpc) is 2.11. The van der Waals surface area contributed by atoms with E-state index in [1.165, 1.54) is 4.90 Å². The van der Waals surface area contributed by atoms with Crippen molar-refractivity contribution >= 4 is 12.0 Å². The molecule has 0 aromatic heterocycles. The van der Waals surface area contributed by atoms with Crippen LogP contribution in [0.3, 0.4) is 0 Å². The molecule has 1 rings (SSSR count). The highest BCUT2D eigenvalue weighted by atomic mass is 16.6. The fourth-order valence-electron chi connectivity index (χ4n) is 1.47. The van der Waals surface area contributed by atoms with Crippen LogP contribution >= 0.6 is 0 Å². The molecule has 0 saturated carbocycles. The topological polar surface area (TPSA) is 61.9 Å². The number of rotatable bonds is 3. The first kappa shape index (κ1) is 14.8. The van der Waals surface area contributed by atoms with Crippen molar-refractivity contribution in [3.8, 4) is 0 Å². The highest BCUT2D eigenvalue weighted by molar-refractivity contribution is 5.77. The molecule has 0 aromatic carbocycles. The summed E-state index contributed by atoms with van der Waals surface area (Å²) in [5, 5.41) is 3.11. The number of nitrogens with zero attached hydrogens (tertiary/aromatic N) is 2. The normalized spacial score (nSPS) is 16.2. The smallest absolute Gasteiger partial charge is 0.410 e. The van der Waals surface area contributed by atoms with Gasteiger partial charge in [0.25, 0.3) is 0 Å². The van der Waals surface area contributed by atoms with Crippen LogP contribution in [0.5, 0.6) is 0 Å². The van der Waals surface area contributed by atoms with E-state index < -0.39 is 5.60 Å². The predicted molar refractivity (Wildman–Crippen MR) is 68.3 cm³/mol. The summed E-state index contributed by atoms with van der Waals surface area (Å²) in [4.78, 5) is 26.1. The summed E-state index contributed by atoms with van der Waals surface area (Å²) >= 11 is 0. The van der Waals surface area contributed by atoms with E-state index in [0.29, 0.717) is 19.6 Å². The lowest BCUT2D eigenvalue weighted by atomic mass is 10.1. The van der Waals surface area contributed by atoms with Crippen LogP contribution in [0.1, 0.15) is 20.8 Å². The number of hydrogen-bond acceptors (Lipinski definition) is 4. The Morgan fingerprint density at radius 2 is 1.89 bits per heavy atom. The van der Waals surface area contributed by atoms with E-state index in [9.17, 15) is 9.59 Å². The van der Waals surface area contributed by atoms with Gasteiger partial charge >= 0.3 is 6.09 Å². The largest absolute Gasteiger partial charge is 0.444 e. The number of nitrogens with one attached hydrogen (secondary N) is 1. The monoisotopic (exact) mass is 257 g/mol. The maximum Gasteiger partial charge on any atom is 0.410 e. The number of likely N-dealkylation sites (N-methyl/N-ethyl adjacent to an activating group) is 1. The molecule has 1 aliphatic heterocycles. The van der Waals surface area contributed by atoms with Gasteiger partial charge in [0.15, 0.2) is 0 Å². The molecule has 6 nitrogen and oxygen atoms in total. The Morgan fingerprint density at radius 3 is 2.33 bits per heavy atom. The molecule has 1 aliphatic rings. The van der Waals surface area contributed by atoms with E-state index in [1.807, 2.05) is 20.8 Å². The van der Waals surface area contributed by atoms with Gasteiger partial charge in [0.2, 0.25) is 5.91 Å². The third-order valence-electron chi connectivity index (χ3n) is 2.57. The van der Waals surface area contributed by atoms with Gasteiger partial charge in [-0.3, -0.25) is 4.79 Å². The minimum atomic E-state index is -0.462. The van der Waals surface area contributed by atoms with Gasteiger partial charge in [-0.1, -0.05) is 0 Å². The molecular formula is C12H23N3O3. The van der Waals surface area contributed by atoms with Gasteiger partial charge < -0.3 is 19.9 Å². The van der Waals surface area contributed by atoms with E-state index in [2.05, 4.69) is 5.32 Å². The van der Waals surface area contributed by atoms with Crippen molar-refractivity contribution in [2.75, 3.05) is 33.7 Å². The summed E-state index contributed by atoms with van der Waals surface area (Å²) in [5.74, 6) is 0.0331. The van der Waals surface area contributed by atoms with Crippen molar-refractivity contribution < 1.29 is 14.3 Å². The second-order valence-corrected chi connectivity index (χ2v) is 5.75. The molecule has 0 radical (unpaired) electrons. The zero-order valence-electron chi connectivity index (χ0n) is 11.8. The molecule has 1 saturated heterocycles. The second kappa shape index (κ2) is 5.56. The van der Waals surface area contributed by atoms with Crippen LogP contribution in [0.2, 0.25) is 0 Å². The quantitative estimate of drug-likeness (QED) is 0.789. The molecule has 104 valence electrons. The first-order chi connectivity index (χ1) is 8.19. The van der Waals surface area contributed by atoms with Crippen LogP contribution < -0.4 is 5.32 Å². The molecule has 0 spiro atoms. The summed E-state index contributed by atoms with van der Waals surface area (Å²) in [6.07, 6.45) is -0.292. The number of ether oxygens (including phenoxy) is 1. The highest BCUT2D eigenvalue weighted by Crippen LogP contribution is 2.14. The molecule has 1 fully saturated rings. The molecule has 0 atom stereocenters. The van der Waals surface area contributed by atoms with E-state index in [4.69, 9.17) is 4.74 Å². The van der Waals surface area contributed by atoms with Crippen LogP contribution in [0, 0.1) is 0 Å². The van der Waals surface area contributed by atoms with E-state index >= 15 is 0 Å². The maximum absolute atomic E-state index is 11.6. The van der Waals surface area contributed by atoms with Gasteiger partial charge in [0, 0.05) is 33.2 Å². The Kier molecular flexibility index (Phi) is 4.56. The molecule has 2 amide bonds. The lowest BCUT2D eigenvalue weighted by Gasteiger charge is -2.40. The van der Waals surface area contributed by atoms with Crippen LogP contribution in [-0.4, -0.2) is 67.2 Å². The Labute approximate surface area is 108 Å². The van der Waals surface area contributed by atoms with Crippen molar-refractivity contribution in [3.05, 3.63) is 0 Å². The Bertz CT molecular complexity index is 317. The van der Waals surface area contributed by atoms with Crippen molar-refractivity contribution in [1.29, 1.82) is 0 Å². The second-order valence-electron chi connectivity index (χ2n) is 5.75. The Balaban J connectivity index is 2.20. The van der Waals surface area contributed by atoms with Gasteiger partial charge in [-0.05, 0) is 20.8 Å². The van der Waals surface area contributed by atoms with Gasteiger partial charge in [0.1, 0.15) is 5.60 Å². The fourth-order valence-corrected chi connectivity index (χ4v) is 1.47. The SMILES string of the molecule is CN(C)C(=O)CNC1CN(C(=O)OC(C)(C)C)C1. The zero-order valence-corrected chi connectivity index (χ0v) is 11.8. The van der Waals surface area contributed by atoms with Crippen LogP contribution in [0.15, 0.2) is 0 Å². The molecule has 0 aliphatic carbocycles. The maximum atomic E-state index is 11.6. The minimum absolute atomic E-state index is 0.0331. The van der Waals surface area contributed by atoms with Crippen LogP contribution in [0.25, 0.3) is 0 Å². The molecule has 6 heteroatoms. The van der Waals surface area contributed by atoms with E-state index in [-0.39, 0.29) is 18.0 Å². The van der Waals surface area contributed by atoms with Crippen molar-refractivity contribution in [3.63, 3.8) is 0 Å². The van der Waals surface area contributed by atoms with Gasteiger partial charge in [-0.25, -0.2) is 4.79 Å². The van der Waals surface area contributed by atoms with Crippen molar-refractivity contribution in [2.24, 2.45) is 0 Å². The first-order valence-corrected chi connectivity index (χ1v) is 6.10. The number of hydrogen-bond donors (Lipinski definition) is 1. The van der Waals surface area contributed by atoms with E-state index in [0.717, 1.165) is 0 Å². The molecular weight excluding hydrogens is 234 g/mol. The molecule has 0 aromatic rings. The first-order valence-electron chi connectivity index (χ1n) is 6.10. The molecule has 0 unspecified atom stereocenters. The number of likely N-dealkylation sites (tertiary alicyclic amines) is 1. The summed E-state index contributed by atoms with van der Waals surface area (Å²) in [7, 11) is 3.44. The van der Waals surface area contributed by atoms with Crippen molar-refractivity contribution in [2.45, 2.75) is 32.4 Å². The number of amides is 2.